The van der Waals surface area contributed by atoms with E-state index in [1.165, 1.54) is 16.8 Å². The predicted molar refractivity (Wildman–Crippen MR) is 55.7 cm³/mol. The van der Waals surface area contributed by atoms with Crippen molar-refractivity contribution in [1.29, 1.82) is 0 Å². The molecule has 13 heavy (non-hydrogen) atoms. The molecule has 0 atom stereocenters. The number of fused-ring (bicyclic) bond motifs is 1. The summed E-state index contributed by atoms with van der Waals surface area (Å²) in [5.41, 5.74) is 4.04. The van der Waals surface area contributed by atoms with E-state index in [1.54, 1.807) is 0 Å². The van der Waals surface area contributed by atoms with Crippen LogP contribution < -0.4 is 0 Å². The molecule has 0 radical (unpaired) electrons. The van der Waals surface area contributed by atoms with E-state index in [2.05, 4.69) is 44.0 Å². The van der Waals surface area contributed by atoms with Crippen LogP contribution in [0.15, 0.2) is 18.3 Å². The molecular formula is C12H15N. The Bertz CT molecular complexity index is 356. The van der Waals surface area contributed by atoms with Gasteiger partial charge in [-0.3, -0.25) is 4.98 Å². The second-order valence-electron chi connectivity index (χ2n) is 4.62. The number of hydrogen-bond donors (Lipinski definition) is 0. The minimum atomic E-state index is 0.207. The monoisotopic (exact) mass is 173 g/mol. The van der Waals surface area contributed by atoms with Gasteiger partial charge in [0.05, 0.1) is 5.69 Å². The zero-order valence-corrected chi connectivity index (χ0v) is 8.46. The molecule has 1 heteroatoms. The van der Waals surface area contributed by atoms with Gasteiger partial charge >= 0.3 is 0 Å². The third-order valence-corrected chi connectivity index (χ3v) is 2.48. The van der Waals surface area contributed by atoms with E-state index >= 15 is 0 Å². The topological polar surface area (TPSA) is 12.9 Å². The first-order valence-corrected chi connectivity index (χ1v) is 4.73. The Morgan fingerprint density at radius 1 is 1.31 bits per heavy atom. The van der Waals surface area contributed by atoms with Crippen molar-refractivity contribution in [3.63, 3.8) is 0 Å². The van der Waals surface area contributed by atoms with Crippen LogP contribution in [0.2, 0.25) is 0 Å². The molecule has 68 valence electrons. The molecule has 0 saturated carbocycles. The van der Waals surface area contributed by atoms with Crippen LogP contribution in [0.5, 0.6) is 0 Å². The summed E-state index contributed by atoms with van der Waals surface area (Å²) in [6.07, 6.45) is 7.34. The maximum atomic E-state index is 4.46. The highest BCUT2D eigenvalue weighted by atomic mass is 14.7. The summed E-state index contributed by atoms with van der Waals surface area (Å²) < 4.78 is 0. The Morgan fingerprint density at radius 2 is 2.08 bits per heavy atom. The second kappa shape index (κ2) is 2.69. The Balaban J connectivity index is 2.47. The zero-order chi connectivity index (χ0) is 9.47. The standard InChI is InChI=1S/C12H15N/c1-12(2,3)10-7-9-5-4-6-11(9)13-8-10/h4-5,7-8H,6H2,1-3H3. The molecule has 1 nitrogen and oxygen atoms in total. The number of pyridine rings is 1. The molecule has 0 spiro atoms. The highest BCUT2D eigenvalue weighted by Crippen LogP contribution is 2.25. The van der Waals surface area contributed by atoms with Crippen molar-refractivity contribution in [2.75, 3.05) is 0 Å². The average molecular weight is 173 g/mol. The third kappa shape index (κ3) is 1.51. The lowest BCUT2D eigenvalue weighted by Gasteiger charge is -2.19. The highest BCUT2D eigenvalue weighted by Gasteiger charge is 2.16. The molecule has 0 saturated heterocycles. The van der Waals surface area contributed by atoms with Crippen LogP contribution in [0, 0.1) is 0 Å². The first kappa shape index (κ1) is 8.49. The molecule has 1 aromatic heterocycles. The van der Waals surface area contributed by atoms with Gasteiger partial charge in [0.2, 0.25) is 0 Å². The van der Waals surface area contributed by atoms with Gasteiger partial charge in [-0.25, -0.2) is 0 Å². The number of aromatic nitrogens is 1. The SMILES string of the molecule is CC(C)(C)c1cnc2c(c1)C=CC2. The Morgan fingerprint density at radius 3 is 2.77 bits per heavy atom. The maximum absolute atomic E-state index is 4.46. The zero-order valence-electron chi connectivity index (χ0n) is 8.46. The second-order valence-corrected chi connectivity index (χ2v) is 4.62. The lowest BCUT2D eigenvalue weighted by atomic mass is 9.87. The van der Waals surface area contributed by atoms with Crippen LogP contribution >= 0.6 is 0 Å². The van der Waals surface area contributed by atoms with Crippen molar-refractivity contribution < 1.29 is 0 Å². The van der Waals surface area contributed by atoms with Gasteiger partial charge in [0.25, 0.3) is 0 Å². The molecule has 0 aliphatic heterocycles. The maximum Gasteiger partial charge on any atom is 0.0513 e. The minimum absolute atomic E-state index is 0.207. The molecule has 1 heterocycles. The third-order valence-electron chi connectivity index (χ3n) is 2.48. The first-order chi connectivity index (χ1) is 6.07. The molecule has 0 fully saturated rings. The summed E-state index contributed by atoms with van der Waals surface area (Å²) in [5.74, 6) is 0. The Hall–Kier alpha value is -1.11. The summed E-state index contributed by atoms with van der Waals surface area (Å²) in [7, 11) is 0. The first-order valence-electron chi connectivity index (χ1n) is 4.73. The molecular weight excluding hydrogens is 158 g/mol. The van der Waals surface area contributed by atoms with Gasteiger partial charge in [0.15, 0.2) is 0 Å². The molecule has 0 N–H and O–H groups in total. The van der Waals surface area contributed by atoms with Gasteiger partial charge in [-0.1, -0.05) is 32.9 Å². The Labute approximate surface area is 79.5 Å². The van der Waals surface area contributed by atoms with Gasteiger partial charge in [-0.05, 0) is 22.6 Å². The molecule has 0 bridgehead atoms. The van der Waals surface area contributed by atoms with Crippen LogP contribution in [0.4, 0.5) is 0 Å². The largest absolute Gasteiger partial charge is 0.260 e. The van der Waals surface area contributed by atoms with Crippen LogP contribution in [0.25, 0.3) is 6.08 Å². The summed E-state index contributed by atoms with van der Waals surface area (Å²) >= 11 is 0. The summed E-state index contributed by atoms with van der Waals surface area (Å²) in [4.78, 5) is 4.46. The lowest BCUT2D eigenvalue weighted by Crippen LogP contribution is -2.12. The van der Waals surface area contributed by atoms with E-state index < -0.39 is 0 Å². The fourth-order valence-corrected chi connectivity index (χ4v) is 1.53. The molecule has 1 aromatic rings. The van der Waals surface area contributed by atoms with E-state index in [-0.39, 0.29) is 5.41 Å². The van der Waals surface area contributed by atoms with Crippen molar-refractivity contribution >= 4 is 6.08 Å². The number of rotatable bonds is 0. The highest BCUT2D eigenvalue weighted by molar-refractivity contribution is 5.58. The quantitative estimate of drug-likeness (QED) is 0.587. The van der Waals surface area contributed by atoms with Crippen LogP contribution in [0.1, 0.15) is 37.6 Å². The lowest BCUT2D eigenvalue weighted by molar-refractivity contribution is 0.587. The predicted octanol–water partition coefficient (Wildman–Crippen LogP) is 2.95. The smallest absolute Gasteiger partial charge is 0.0513 e. The van der Waals surface area contributed by atoms with Gasteiger partial charge in [-0.15, -0.1) is 0 Å². The fourth-order valence-electron chi connectivity index (χ4n) is 1.53. The van der Waals surface area contributed by atoms with E-state index in [0.29, 0.717) is 0 Å². The summed E-state index contributed by atoms with van der Waals surface area (Å²) in [6, 6.07) is 2.26. The van der Waals surface area contributed by atoms with Gasteiger partial charge < -0.3 is 0 Å². The van der Waals surface area contributed by atoms with E-state index in [4.69, 9.17) is 0 Å². The molecule has 2 rings (SSSR count). The van der Waals surface area contributed by atoms with Gasteiger partial charge in [-0.2, -0.15) is 0 Å². The number of allylic oxidation sites excluding steroid dienone is 1. The number of hydrogen-bond acceptors (Lipinski definition) is 1. The van der Waals surface area contributed by atoms with Gasteiger partial charge in [0, 0.05) is 12.6 Å². The molecule has 0 amide bonds. The van der Waals surface area contributed by atoms with E-state index in [1.807, 2.05) is 6.20 Å². The molecule has 0 aromatic carbocycles. The van der Waals surface area contributed by atoms with Crippen LogP contribution in [-0.4, -0.2) is 4.98 Å². The summed E-state index contributed by atoms with van der Waals surface area (Å²) in [6.45, 7) is 6.65. The molecule has 1 aliphatic carbocycles. The molecule has 0 unspecified atom stereocenters. The minimum Gasteiger partial charge on any atom is -0.260 e. The van der Waals surface area contributed by atoms with E-state index in [0.717, 1.165) is 6.42 Å². The van der Waals surface area contributed by atoms with Crippen molar-refractivity contribution in [2.24, 2.45) is 0 Å². The molecule has 1 aliphatic rings. The normalized spacial score (nSPS) is 14.7. The number of nitrogens with zero attached hydrogens (tertiary/aromatic N) is 1. The van der Waals surface area contributed by atoms with Crippen molar-refractivity contribution in [2.45, 2.75) is 32.6 Å². The van der Waals surface area contributed by atoms with Gasteiger partial charge in [0.1, 0.15) is 0 Å². The van der Waals surface area contributed by atoms with Crippen molar-refractivity contribution in [1.82, 2.24) is 4.98 Å². The Kier molecular flexibility index (Phi) is 1.76. The van der Waals surface area contributed by atoms with Crippen LogP contribution in [-0.2, 0) is 11.8 Å². The fraction of sp³-hybridized carbons (Fsp3) is 0.417. The van der Waals surface area contributed by atoms with Crippen molar-refractivity contribution in [3.8, 4) is 0 Å². The van der Waals surface area contributed by atoms with E-state index in [9.17, 15) is 0 Å². The summed E-state index contributed by atoms with van der Waals surface area (Å²) in [5, 5.41) is 0. The average Bonchev–Trinajstić information content (AvgIpc) is 2.47. The van der Waals surface area contributed by atoms with Crippen molar-refractivity contribution in [3.05, 3.63) is 35.2 Å². The van der Waals surface area contributed by atoms with Crippen LogP contribution in [0.3, 0.4) is 0 Å².